The normalized spacial score (nSPS) is 13.1. The highest BCUT2D eigenvalue weighted by molar-refractivity contribution is 6.34. The van der Waals surface area contributed by atoms with Crippen molar-refractivity contribution in [1.82, 2.24) is 0 Å². The van der Waals surface area contributed by atoms with Gasteiger partial charge in [-0.1, -0.05) is 23.2 Å². The molecule has 0 bridgehead atoms. The Balaban J connectivity index is 1.64. The van der Waals surface area contributed by atoms with Crippen molar-refractivity contribution in [2.75, 3.05) is 30.4 Å². The van der Waals surface area contributed by atoms with E-state index in [1.165, 1.54) is 12.1 Å². The first-order chi connectivity index (χ1) is 12.0. The van der Waals surface area contributed by atoms with Gasteiger partial charge in [-0.25, -0.2) is 4.39 Å². The number of nitrogens with one attached hydrogen (secondary N) is 2. The van der Waals surface area contributed by atoms with Crippen molar-refractivity contribution in [3.63, 3.8) is 0 Å². The molecule has 0 aromatic heterocycles. The Bertz CT molecular complexity index is 802. The third kappa shape index (κ3) is 4.46. The lowest BCUT2D eigenvalue weighted by Crippen LogP contribution is -2.22. The van der Waals surface area contributed by atoms with Gasteiger partial charge in [0.2, 0.25) is 5.91 Å². The third-order valence-electron chi connectivity index (χ3n) is 3.48. The van der Waals surface area contributed by atoms with Crippen LogP contribution in [0.1, 0.15) is 6.42 Å². The average Bonchev–Trinajstić information content (AvgIpc) is 2.80. The van der Waals surface area contributed by atoms with Crippen LogP contribution in [0.2, 0.25) is 10.0 Å². The number of rotatable bonds is 4. The largest absolute Gasteiger partial charge is 0.490 e. The predicted octanol–water partition coefficient (Wildman–Crippen LogP) is 4.34. The number of hydrogen-bond acceptors (Lipinski definition) is 4. The number of ether oxygens (including phenoxy) is 2. The van der Waals surface area contributed by atoms with Gasteiger partial charge in [-0.15, -0.1) is 0 Å². The van der Waals surface area contributed by atoms with E-state index in [2.05, 4.69) is 10.6 Å². The van der Waals surface area contributed by atoms with Gasteiger partial charge < -0.3 is 20.1 Å². The van der Waals surface area contributed by atoms with Crippen LogP contribution in [0, 0.1) is 5.82 Å². The van der Waals surface area contributed by atoms with Crippen molar-refractivity contribution in [2.24, 2.45) is 0 Å². The van der Waals surface area contributed by atoms with Gasteiger partial charge in [0.1, 0.15) is 5.82 Å². The summed E-state index contributed by atoms with van der Waals surface area (Å²) in [4.78, 5) is 12.1. The number of carbonyl (C=O) groups is 1. The monoisotopic (exact) mass is 384 g/mol. The van der Waals surface area contributed by atoms with Gasteiger partial charge in [0.15, 0.2) is 11.5 Å². The van der Waals surface area contributed by atoms with Gasteiger partial charge in [-0.05, 0) is 18.2 Å². The zero-order valence-electron chi connectivity index (χ0n) is 13.1. The molecule has 2 aromatic carbocycles. The summed E-state index contributed by atoms with van der Waals surface area (Å²) in [6, 6.07) is 7.09. The molecule has 8 heteroatoms. The molecule has 1 heterocycles. The summed E-state index contributed by atoms with van der Waals surface area (Å²) in [5.74, 6) is 0.332. The number of carbonyl (C=O) groups excluding carboxylic acids is 1. The Kier molecular flexibility index (Phi) is 5.50. The second kappa shape index (κ2) is 7.80. The first-order valence-corrected chi connectivity index (χ1v) is 8.36. The standard InChI is InChI=1S/C17H15Cl2FN2O3/c18-11-6-10(20)2-3-13(11)22-17(23)9-21-14-8-16-15(7-12(14)19)24-4-1-5-25-16/h2-3,6-8,21H,1,4-5,9H2,(H,22,23). The van der Waals surface area contributed by atoms with Crippen LogP contribution >= 0.6 is 23.2 Å². The molecule has 3 rings (SSSR count). The Labute approximate surface area is 154 Å². The van der Waals surface area contributed by atoms with Crippen molar-refractivity contribution in [3.8, 4) is 11.5 Å². The SMILES string of the molecule is O=C(CNc1cc2c(cc1Cl)OCCCO2)Nc1ccc(F)cc1Cl. The van der Waals surface area contributed by atoms with E-state index in [0.29, 0.717) is 41.1 Å². The molecule has 2 aromatic rings. The topological polar surface area (TPSA) is 59.6 Å². The maximum absolute atomic E-state index is 13.0. The van der Waals surface area contributed by atoms with Gasteiger partial charge in [0, 0.05) is 18.6 Å². The summed E-state index contributed by atoms with van der Waals surface area (Å²) < 4.78 is 24.2. The fourth-order valence-corrected chi connectivity index (χ4v) is 2.72. The minimum absolute atomic E-state index is 0.0485. The smallest absolute Gasteiger partial charge is 0.243 e. The van der Waals surface area contributed by atoms with Crippen molar-refractivity contribution in [3.05, 3.63) is 46.2 Å². The Morgan fingerprint density at radius 2 is 1.72 bits per heavy atom. The van der Waals surface area contributed by atoms with Crippen LogP contribution in [-0.4, -0.2) is 25.7 Å². The third-order valence-corrected chi connectivity index (χ3v) is 4.11. The van der Waals surface area contributed by atoms with Crippen LogP contribution in [0.5, 0.6) is 11.5 Å². The number of benzene rings is 2. The minimum Gasteiger partial charge on any atom is -0.490 e. The zero-order chi connectivity index (χ0) is 17.8. The van der Waals surface area contributed by atoms with E-state index in [-0.39, 0.29) is 17.5 Å². The van der Waals surface area contributed by atoms with Crippen molar-refractivity contribution >= 4 is 40.5 Å². The molecule has 0 unspecified atom stereocenters. The number of halogens is 3. The van der Waals surface area contributed by atoms with E-state index in [4.69, 9.17) is 32.7 Å². The Morgan fingerprint density at radius 3 is 2.44 bits per heavy atom. The molecule has 1 aliphatic rings. The summed E-state index contributed by atoms with van der Waals surface area (Å²) in [6.45, 7) is 1.07. The van der Waals surface area contributed by atoms with Gasteiger partial charge in [0.05, 0.1) is 41.2 Å². The van der Waals surface area contributed by atoms with E-state index < -0.39 is 5.82 Å². The maximum Gasteiger partial charge on any atom is 0.243 e. The average molecular weight is 385 g/mol. The van der Waals surface area contributed by atoms with E-state index in [9.17, 15) is 9.18 Å². The predicted molar refractivity (Wildman–Crippen MR) is 95.6 cm³/mol. The highest BCUT2D eigenvalue weighted by Gasteiger charge is 2.15. The van der Waals surface area contributed by atoms with E-state index in [1.54, 1.807) is 12.1 Å². The van der Waals surface area contributed by atoms with Crippen LogP contribution in [0.25, 0.3) is 0 Å². The van der Waals surface area contributed by atoms with Crippen LogP contribution in [0.15, 0.2) is 30.3 Å². The summed E-state index contributed by atoms with van der Waals surface area (Å²) in [7, 11) is 0. The van der Waals surface area contributed by atoms with E-state index in [0.717, 1.165) is 12.5 Å². The number of fused-ring (bicyclic) bond motifs is 1. The summed E-state index contributed by atoms with van der Waals surface area (Å²) in [6.07, 6.45) is 0.788. The highest BCUT2D eigenvalue weighted by Crippen LogP contribution is 2.37. The lowest BCUT2D eigenvalue weighted by atomic mass is 10.2. The van der Waals surface area contributed by atoms with E-state index in [1.807, 2.05) is 0 Å². The Morgan fingerprint density at radius 1 is 1.04 bits per heavy atom. The van der Waals surface area contributed by atoms with Crippen LogP contribution in [0.4, 0.5) is 15.8 Å². The quantitative estimate of drug-likeness (QED) is 0.822. The van der Waals surface area contributed by atoms with Gasteiger partial charge >= 0.3 is 0 Å². The van der Waals surface area contributed by atoms with Gasteiger partial charge in [0.25, 0.3) is 0 Å². The van der Waals surface area contributed by atoms with Crippen molar-refractivity contribution in [1.29, 1.82) is 0 Å². The van der Waals surface area contributed by atoms with Crippen molar-refractivity contribution in [2.45, 2.75) is 6.42 Å². The molecule has 0 saturated carbocycles. The summed E-state index contributed by atoms with van der Waals surface area (Å²) in [5.41, 5.74) is 0.880. The molecule has 2 N–H and O–H groups in total. The zero-order valence-corrected chi connectivity index (χ0v) is 14.6. The minimum atomic E-state index is -0.472. The molecule has 0 spiro atoms. The number of anilines is 2. The molecule has 0 fully saturated rings. The fraction of sp³-hybridized carbons (Fsp3) is 0.235. The number of amides is 1. The molecule has 132 valence electrons. The molecule has 1 amide bonds. The molecule has 1 aliphatic heterocycles. The Hall–Kier alpha value is -2.18. The molecular weight excluding hydrogens is 370 g/mol. The molecule has 5 nitrogen and oxygen atoms in total. The lowest BCUT2D eigenvalue weighted by molar-refractivity contribution is -0.114. The molecule has 0 radical (unpaired) electrons. The van der Waals surface area contributed by atoms with Crippen LogP contribution < -0.4 is 20.1 Å². The maximum atomic E-state index is 13.0. The molecule has 0 atom stereocenters. The van der Waals surface area contributed by atoms with Crippen molar-refractivity contribution < 1.29 is 18.7 Å². The fourth-order valence-electron chi connectivity index (χ4n) is 2.28. The van der Waals surface area contributed by atoms with Crippen LogP contribution in [0.3, 0.4) is 0 Å². The molecule has 0 aliphatic carbocycles. The summed E-state index contributed by atoms with van der Waals surface area (Å²) in [5, 5.41) is 6.08. The molecule has 0 saturated heterocycles. The molecular formula is C17H15Cl2FN2O3. The first-order valence-electron chi connectivity index (χ1n) is 7.61. The first kappa shape index (κ1) is 17.6. The second-order valence-corrected chi connectivity index (χ2v) is 6.17. The van der Waals surface area contributed by atoms with Gasteiger partial charge in [-0.3, -0.25) is 4.79 Å². The van der Waals surface area contributed by atoms with Gasteiger partial charge in [-0.2, -0.15) is 0 Å². The molecule has 25 heavy (non-hydrogen) atoms. The summed E-state index contributed by atoms with van der Waals surface area (Å²) >= 11 is 12.1. The lowest BCUT2D eigenvalue weighted by Gasteiger charge is -2.13. The second-order valence-electron chi connectivity index (χ2n) is 5.36. The highest BCUT2D eigenvalue weighted by atomic mass is 35.5. The van der Waals surface area contributed by atoms with E-state index >= 15 is 0 Å². The van der Waals surface area contributed by atoms with Crippen LogP contribution in [-0.2, 0) is 4.79 Å². The number of hydrogen-bond donors (Lipinski definition) is 2.